The van der Waals surface area contributed by atoms with E-state index in [0.717, 1.165) is 32.2 Å². The van der Waals surface area contributed by atoms with Gasteiger partial charge in [-0.3, -0.25) is 4.79 Å². The van der Waals surface area contributed by atoms with Crippen molar-refractivity contribution in [3.8, 4) is 22.1 Å². The molecule has 1 amide bonds. The summed E-state index contributed by atoms with van der Waals surface area (Å²) >= 11 is 1.53. The second kappa shape index (κ2) is 8.61. The van der Waals surface area contributed by atoms with Crippen LogP contribution in [0.15, 0.2) is 91.1 Å². The van der Waals surface area contributed by atoms with E-state index in [0.29, 0.717) is 17.1 Å². The lowest BCUT2D eigenvalue weighted by molar-refractivity contribution is 0.102. The summed E-state index contributed by atoms with van der Waals surface area (Å²) in [6.45, 7) is 1.96. The highest BCUT2D eigenvalue weighted by Crippen LogP contribution is 2.32. The van der Waals surface area contributed by atoms with E-state index in [9.17, 15) is 4.79 Å². The zero-order valence-corrected chi connectivity index (χ0v) is 18.1. The average Bonchev–Trinajstić information content (AvgIpc) is 3.26. The molecule has 5 aromatic rings. The molecule has 0 atom stereocenters. The molecule has 5 nitrogen and oxygen atoms in total. The third kappa shape index (κ3) is 4.08. The van der Waals surface area contributed by atoms with Crippen molar-refractivity contribution >= 4 is 33.3 Å². The summed E-state index contributed by atoms with van der Waals surface area (Å²) in [7, 11) is 0. The first-order valence-corrected chi connectivity index (χ1v) is 10.9. The van der Waals surface area contributed by atoms with Gasteiger partial charge in [-0.2, -0.15) is 0 Å². The molecular formula is C26H19N3O2S. The van der Waals surface area contributed by atoms with Gasteiger partial charge in [0.05, 0.1) is 5.56 Å². The van der Waals surface area contributed by atoms with Crippen molar-refractivity contribution in [2.24, 2.45) is 0 Å². The van der Waals surface area contributed by atoms with E-state index in [1.807, 2.05) is 79.7 Å². The Morgan fingerprint density at radius 3 is 2.59 bits per heavy atom. The first-order chi connectivity index (χ1) is 15.7. The second-order valence-electron chi connectivity index (χ2n) is 7.24. The Kier molecular flexibility index (Phi) is 5.35. The van der Waals surface area contributed by atoms with E-state index in [2.05, 4.69) is 15.3 Å². The topological polar surface area (TPSA) is 64.1 Å². The van der Waals surface area contributed by atoms with Crippen LogP contribution >= 0.6 is 11.3 Å². The number of carbonyl (C=O) groups is 1. The molecule has 0 saturated carbocycles. The molecule has 0 aliphatic rings. The minimum Gasteiger partial charge on any atom is -0.457 e. The monoisotopic (exact) mass is 437 g/mol. The van der Waals surface area contributed by atoms with Crippen LogP contribution in [0, 0.1) is 6.92 Å². The lowest BCUT2D eigenvalue weighted by Crippen LogP contribution is -2.14. The number of nitrogens with one attached hydrogen (secondary N) is 1. The number of amides is 1. The maximum atomic E-state index is 13.2. The third-order valence-electron chi connectivity index (χ3n) is 5.00. The minimum absolute atomic E-state index is 0.234. The predicted molar refractivity (Wildman–Crippen MR) is 128 cm³/mol. The predicted octanol–water partition coefficient (Wildman–Crippen LogP) is 6.71. The van der Waals surface area contributed by atoms with Crippen LogP contribution in [0.3, 0.4) is 0 Å². The van der Waals surface area contributed by atoms with Gasteiger partial charge in [-0.05, 0) is 55.0 Å². The molecule has 2 aromatic heterocycles. The molecule has 2 heterocycles. The number of aryl methyl sites for hydroxylation is 1. The number of fused-ring (bicyclic) bond motifs is 1. The summed E-state index contributed by atoms with van der Waals surface area (Å²) in [5.74, 6) is 0.945. The molecule has 5 rings (SSSR count). The smallest absolute Gasteiger partial charge is 0.259 e. The molecule has 32 heavy (non-hydrogen) atoms. The van der Waals surface area contributed by atoms with E-state index in [1.54, 1.807) is 18.3 Å². The Morgan fingerprint density at radius 2 is 1.75 bits per heavy atom. The Hall–Kier alpha value is -4.03. The highest BCUT2D eigenvalue weighted by atomic mass is 32.1. The van der Waals surface area contributed by atoms with Crippen molar-refractivity contribution in [2.45, 2.75) is 6.92 Å². The zero-order valence-electron chi connectivity index (χ0n) is 17.3. The van der Waals surface area contributed by atoms with Crippen LogP contribution in [-0.2, 0) is 0 Å². The molecule has 3 aromatic carbocycles. The van der Waals surface area contributed by atoms with Gasteiger partial charge in [-0.15, -0.1) is 0 Å². The van der Waals surface area contributed by atoms with Crippen LogP contribution in [0.2, 0.25) is 0 Å². The second-order valence-corrected chi connectivity index (χ2v) is 8.22. The Morgan fingerprint density at radius 1 is 0.938 bits per heavy atom. The van der Waals surface area contributed by atoms with Crippen LogP contribution in [0.25, 0.3) is 20.9 Å². The molecule has 0 radical (unpaired) electrons. The van der Waals surface area contributed by atoms with Crippen LogP contribution < -0.4 is 10.1 Å². The molecular weight excluding hydrogens is 418 g/mol. The molecule has 156 valence electrons. The van der Waals surface area contributed by atoms with Gasteiger partial charge in [0.2, 0.25) is 0 Å². The summed E-state index contributed by atoms with van der Waals surface area (Å²) < 4.78 is 5.95. The number of thiazole rings is 1. The van der Waals surface area contributed by atoms with Gasteiger partial charge in [-0.25, -0.2) is 9.97 Å². The van der Waals surface area contributed by atoms with Crippen molar-refractivity contribution in [3.63, 3.8) is 0 Å². The van der Waals surface area contributed by atoms with Crippen LogP contribution in [-0.4, -0.2) is 15.9 Å². The average molecular weight is 438 g/mol. The normalized spacial score (nSPS) is 10.8. The molecule has 1 N–H and O–H groups in total. The molecule has 0 saturated heterocycles. The molecule has 0 bridgehead atoms. The summed E-state index contributed by atoms with van der Waals surface area (Å²) in [5.41, 5.74) is 3.95. The van der Waals surface area contributed by atoms with E-state index >= 15 is 0 Å². The number of hydrogen-bond acceptors (Lipinski definition) is 5. The van der Waals surface area contributed by atoms with Gasteiger partial charge < -0.3 is 10.1 Å². The SMILES string of the molecule is Cc1ccc(-c2nc3cccnc3s2)cc1NC(=O)c1ccccc1Oc1ccccc1. The zero-order chi connectivity index (χ0) is 21.9. The number of aromatic nitrogens is 2. The summed E-state index contributed by atoms with van der Waals surface area (Å²) in [6.07, 6.45) is 1.76. The summed E-state index contributed by atoms with van der Waals surface area (Å²) in [4.78, 5) is 23.1. The van der Waals surface area contributed by atoms with Gasteiger partial charge in [0.1, 0.15) is 26.9 Å². The van der Waals surface area contributed by atoms with Gasteiger partial charge in [0.15, 0.2) is 0 Å². The molecule has 0 aliphatic heterocycles. The van der Waals surface area contributed by atoms with Crippen molar-refractivity contribution in [2.75, 3.05) is 5.32 Å². The fourth-order valence-corrected chi connectivity index (χ4v) is 4.24. The van der Waals surface area contributed by atoms with E-state index in [-0.39, 0.29) is 5.91 Å². The van der Waals surface area contributed by atoms with Gasteiger partial charge in [0.25, 0.3) is 5.91 Å². The number of anilines is 1. The maximum absolute atomic E-state index is 13.2. The number of ether oxygens (including phenoxy) is 1. The van der Waals surface area contributed by atoms with Gasteiger partial charge >= 0.3 is 0 Å². The summed E-state index contributed by atoms with van der Waals surface area (Å²) in [6, 6.07) is 26.4. The number of hydrogen-bond donors (Lipinski definition) is 1. The van der Waals surface area contributed by atoms with Crippen LogP contribution in [0.5, 0.6) is 11.5 Å². The number of carbonyl (C=O) groups excluding carboxylic acids is 1. The molecule has 0 aliphatic carbocycles. The lowest BCUT2D eigenvalue weighted by Gasteiger charge is -2.13. The number of pyridine rings is 1. The van der Waals surface area contributed by atoms with Crippen LogP contribution in [0.1, 0.15) is 15.9 Å². The number of nitrogens with zero attached hydrogens (tertiary/aromatic N) is 2. The van der Waals surface area contributed by atoms with Crippen molar-refractivity contribution in [1.82, 2.24) is 9.97 Å². The molecule has 0 fully saturated rings. The van der Waals surface area contributed by atoms with E-state index < -0.39 is 0 Å². The van der Waals surface area contributed by atoms with Crippen molar-refractivity contribution in [3.05, 3.63) is 102 Å². The number of rotatable bonds is 5. The van der Waals surface area contributed by atoms with Gasteiger partial charge in [0, 0.05) is 17.4 Å². The molecule has 0 spiro atoms. The highest BCUT2D eigenvalue weighted by molar-refractivity contribution is 7.21. The quantitative estimate of drug-likeness (QED) is 0.332. The first kappa shape index (κ1) is 19.9. The molecule has 6 heteroatoms. The minimum atomic E-state index is -0.234. The third-order valence-corrected chi connectivity index (χ3v) is 6.03. The Labute approximate surface area is 189 Å². The highest BCUT2D eigenvalue weighted by Gasteiger charge is 2.15. The van der Waals surface area contributed by atoms with Crippen LogP contribution in [0.4, 0.5) is 5.69 Å². The standard InChI is InChI=1S/C26H19N3O2S/c1-17-13-14-18(25-29-21-11-7-15-27-26(21)32-25)16-22(17)28-24(30)20-10-5-6-12-23(20)31-19-8-3-2-4-9-19/h2-16H,1H3,(H,28,30). The fourth-order valence-electron chi connectivity index (χ4n) is 3.33. The molecule has 0 unspecified atom stereocenters. The Bertz CT molecular complexity index is 1380. The van der Waals surface area contributed by atoms with E-state index in [1.165, 1.54) is 11.3 Å². The Balaban J connectivity index is 1.43. The summed E-state index contributed by atoms with van der Waals surface area (Å²) in [5, 5.41) is 3.90. The lowest BCUT2D eigenvalue weighted by atomic mass is 10.1. The fraction of sp³-hybridized carbons (Fsp3) is 0.0385. The van der Waals surface area contributed by atoms with Crippen molar-refractivity contribution in [1.29, 1.82) is 0 Å². The number of benzene rings is 3. The maximum Gasteiger partial charge on any atom is 0.259 e. The van der Waals surface area contributed by atoms with E-state index in [4.69, 9.17) is 4.74 Å². The van der Waals surface area contributed by atoms with Crippen molar-refractivity contribution < 1.29 is 9.53 Å². The largest absolute Gasteiger partial charge is 0.457 e. The number of para-hydroxylation sites is 2. The van der Waals surface area contributed by atoms with Gasteiger partial charge in [-0.1, -0.05) is 53.8 Å². The first-order valence-electron chi connectivity index (χ1n) is 10.1.